The summed E-state index contributed by atoms with van der Waals surface area (Å²) in [4.78, 5) is 15.9. The van der Waals surface area contributed by atoms with Gasteiger partial charge in [0.15, 0.2) is 17.5 Å². The molecule has 0 bridgehead atoms. The van der Waals surface area contributed by atoms with Crippen molar-refractivity contribution in [3.63, 3.8) is 0 Å². The van der Waals surface area contributed by atoms with Crippen LogP contribution in [0.1, 0.15) is 0 Å². The molecule has 12 aromatic rings. The first-order valence-electron chi connectivity index (χ1n) is 19.0. The Bertz CT molecular complexity index is 3470. The van der Waals surface area contributed by atoms with Crippen LogP contribution in [0.3, 0.4) is 0 Å². The lowest BCUT2D eigenvalue weighted by molar-refractivity contribution is 0.669. The Balaban J connectivity index is 1.18. The third kappa shape index (κ3) is 5.04. The summed E-state index contributed by atoms with van der Waals surface area (Å²) in [6.07, 6.45) is 0. The third-order valence-electron chi connectivity index (χ3n) is 11.1. The lowest BCUT2D eigenvalue weighted by Gasteiger charge is -2.13. The van der Waals surface area contributed by atoms with Gasteiger partial charge in [0.25, 0.3) is 0 Å². The Hall–Kier alpha value is -7.41. The fourth-order valence-corrected chi connectivity index (χ4v) is 9.60. The number of hydrogen-bond donors (Lipinski definition) is 0. The van der Waals surface area contributed by atoms with Gasteiger partial charge in [-0.05, 0) is 59.7 Å². The summed E-state index contributed by atoms with van der Waals surface area (Å²) in [6, 6.07) is 63.7. The van der Waals surface area contributed by atoms with Crippen LogP contribution in [0.15, 0.2) is 186 Å². The molecule has 0 aliphatic rings. The molecule has 4 aromatic heterocycles. The number of hydrogen-bond acceptors (Lipinski definition) is 5. The highest BCUT2D eigenvalue weighted by Gasteiger charge is 2.23. The average Bonchev–Trinajstić information content (AvgIpc) is 3.96. The van der Waals surface area contributed by atoms with Gasteiger partial charge in [0.2, 0.25) is 0 Å². The van der Waals surface area contributed by atoms with Crippen LogP contribution >= 0.6 is 11.3 Å². The van der Waals surface area contributed by atoms with Crippen molar-refractivity contribution in [2.45, 2.75) is 0 Å². The molecule has 0 radical (unpaired) electrons. The predicted octanol–water partition coefficient (Wildman–Crippen LogP) is 13.9. The van der Waals surface area contributed by atoms with E-state index < -0.39 is 0 Å². The highest BCUT2D eigenvalue weighted by molar-refractivity contribution is 7.25. The number of fused-ring (bicyclic) bond motifs is 9. The first-order chi connectivity index (χ1) is 28.2. The fourth-order valence-electron chi connectivity index (χ4n) is 8.46. The lowest BCUT2D eigenvalue weighted by atomic mass is 10.0. The van der Waals surface area contributed by atoms with Gasteiger partial charge >= 0.3 is 0 Å². The molecule has 4 heterocycles. The van der Waals surface area contributed by atoms with E-state index in [0.717, 1.165) is 71.9 Å². The van der Waals surface area contributed by atoms with Crippen molar-refractivity contribution in [1.29, 1.82) is 0 Å². The third-order valence-corrected chi connectivity index (χ3v) is 12.2. The van der Waals surface area contributed by atoms with E-state index in [1.165, 1.54) is 25.6 Å². The van der Waals surface area contributed by atoms with E-state index in [2.05, 4.69) is 162 Å². The fraction of sp³-hybridized carbons (Fsp3) is 0. The summed E-state index contributed by atoms with van der Waals surface area (Å²) in [6.45, 7) is 0. The summed E-state index contributed by atoms with van der Waals surface area (Å²) >= 11 is 1.79. The predicted molar refractivity (Wildman–Crippen MR) is 236 cm³/mol. The Labute approximate surface area is 330 Å². The second-order valence-electron chi connectivity index (χ2n) is 14.4. The second-order valence-corrected chi connectivity index (χ2v) is 15.5. The van der Waals surface area contributed by atoms with Crippen LogP contribution in [0.25, 0.3) is 115 Å². The number of benzene rings is 8. The first-order valence-corrected chi connectivity index (χ1v) is 19.8. The highest BCUT2D eigenvalue weighted by Crippen LogP contribution is 2.43. The summed E-state index contributed by atoms with van der Waals surface area (Å²) in [5.41, 5.74) is 9.69. The maximum absolute atomic E-state index is 6.95. The number of nitrogens with zero attached hydrogens (tertiary/aromatic N) is 4. The zero-order valence-electron chi connectivity index (χ0n) is 30.4. The van der Waals surface area contributed by atoms with E-state index in [1.807, 2.05) is 24.3 Å². The molecule has 0 fully saturated rings. The average molecular weight is 747 g/mol. The SMILES string of the molecule is c1ccc(-c2ccc3c(c2)oc2c(-c4nc(-c5ccccc5)nc(-c5cccc6sc7ccccc7c56)n4)cc(-n4c5ccccc5c5ccccc54)cc23)cc1. The van der Waals surface area contributed by atoms with E-state index in [4.69, 9.17) is 19.4 Å². The van der Waals surface area contributed by atoms with Crippen LogP contribution in [0, 0.1) is 0 Å². The smallest absolute Gasteiger partial charge is 0.167 e. The molecule has 0 saturated heterocycles. The van der Waals surface area contributed by atoms with Gasteiger partial charge < -0.3 is 8.98 Å². The lowest BCUT2D eigenvalue weighted by Crippen LogP contribution is -2.02. The van der Waals surface area contributed by atoms with Crippen LogP contribution in [0.5, 0.6) is 0 Å². The maximum Gasteiger partial charge on any atom is 0.167 e. The Morgan fingerprint density at radius 2 is 1.02 bits per heavy atom. The minimum Gasteiger partial charge on any atom is -0.455 e. The van der Waals surface area contributed by atoms with Crippen molar-refractivity contribution in [3.8, 4) is 51.0 Å². The zero-order valence-corrected chi connectivity index (χ0v) is 31.2. The van der Waals surface area contributed by atoms with Crippen molar-refractivity contribution >= 4 is 75.3 Å². The molecule has 0 aliphatic heterocycles. The molecule has 57 heavy (non-hydrogen) atoms. The van der Waals surface area contributed by atoms with Gasteiger partial charge in [-0.25, -0.2) is 15.0 Å². The minimum absolute atomic E-state index is 0.547. The van der Waals surface area contributed by atoms with Crippen molar-refractivity contribution in [2.75, 3.05) is 0 Å². The van der Waals surface area contributed by atoms with Gasteiger partial charge in [0, 0.05) is 58.5 Å². The minimum atomic E-state index is 0.547. The van der Waals surface area contributed by atoms with Gasteiger partial charge in [0.05, 0.1) is 16.6 Å². The van der Waals surface area contributed by atoms with Gasteiger partial charge in [-0.2, -0.15) is 0 Å². The molecule has 0 N–H and O–H groups in total. The number of furan rings is 1. The van der Waals surface area contributed by atoms with Crippen molar-refractivity contribution in [3.05, 3.63) is 182 Å². The summed E-state index contributed by atoms with van der Waals surface area (Å²) in [5, 5.41) is 6.76. The topological polar surface area (TPSA) is 56.7 Å². The largest absolute Gasteiger partial charge is 0.455 e. The molecular weight excluding hydrogens is 717 g/mol. The van der Waals surface area contributed by atoms with Gasteiger partial charge in [-0.1, -0.05) is 133 Å². The standard InChI is InChI=1S/C51H30N4OS/c1-3-14-31(15-4-1)33-26-27-37-40-29-34(55-42-22-10-7-18-35(42)36-19-8-11-23-43(36)55)30-41(48(40)56-44(37)28-33)51-53-49(32-16-5-2-6-17-32)52-50(54-51)39-21-13-25-46-47(39)38-20-9-12-24-45(38)57-46/h1-30H. The molecule has 6 heteroatoms. The Morgan fingerprint density at radius 1 is 0.404 bits per heavy atom. The summed E-state index contributed by atoms with van der Waals surface area (Å²) in [7, 11) is 0. The van der Waals surface area contributed by atoms with Crippen LogP contribution in [0.2, 0.25) is 0 Å². The van der Waals surface area contributed by atoms with Crippen molar-refractivity contribution < 1.29 is 4.42 Å². The van der Waals surface area contributed by atoms with E-state index in [9.17, 15) is 0 Å². The molecular formula is C51H30N4OS. The number of thiophene rings is 1. The maximum atomic E-state index is 6.95. The van der Waals surface area contributed by atoms with E-state index in [0.29, 0.717) is 17.5 Å². The number of para-hydroxylation sites is 2. The Kier molecular flexibility index (Phi) is 7.03. The Morgan fingerprint density at radius 3 is 1.77 bits per heavy atom. The monoisotopic (exact) mass is 746 g/mol. The van der Waals surface area contributed by atoms with Crippen molar-refractivity contribution in [2.24, 2.45) is 0 Å². The molecule has 8 aromatic carbocycles. The quantitative estimate of drug-likeness (QED) is 0.176. The molecule has 12 rings (SSSR count). The number of aromatic nitrogens is 4. The van der Waals surface area contributed by atoms with E-state index in [1.54, 1.807) is 11.3 Å². The molecule has 0 spiro atoms. The van der Waals surface area contributed by atoms with Crippen LogP contribution < -0.4 is 0 Å². The molecule has 0 unspecified atom stereocenters. The first kappa shape index (κ1) is 31.9. The van der Waals surface area contributed by atoms with Crippen LogP contribution in [-0.2, 0) is 0 Å². The molecule has 0 saturated carbocycles. The molecule has 0 aliphatic carbocycles. The van der Waals surface area contributed by atoms with Gasteiger partial charge in [0.1, 0.15) is 11.2 Å². The van der Waals surface area contributed by atoms with E-state index in [-0.39, 0.29) is 0 Å². The number of rotatable bonds is 5. The zero-order chi connectivity index (χ0) is 37.5. The molecule has 0 atom stereocenters. The molecule has 5 nitrogen and oxygen atoms in total. The molecule has 0 amide bonds. The van der Waals surface area contributed by atoms with Gasteiger partial charge in [-0.3, -0.25) is 0 Å². The molecule has 266 valence electrons. The highest BCUT2D eigenvalue weighted by atomic mass is 32.1. The van der Waals surface area contributed by atoms with Gasteiger partial charge in [-0.15, -0.1) is 11.3 Å². The van der Waals surface area contributed by atoms with Crippen molar-refractivity contribution in [1.82, 2.24) is 19.5 Å². The van der Waals surface area contributed by atoms with Crippen LogP contribution in [0.4, 0.5) is 0 Å². The second kappa shape index (κ2) is 12.6. The summed E-state index contributed by atoms with van der Waals surface area (Å²) < 4.78 is 11.7. The normalized spacial score (nSPS) is 11.9. The van der Waals surface area contributed by atoms with Crippen LogP contribution in [-0.4, -0.2) is 19.5 Å². The summed E-state index contributed by atoms with van der Waals surface area (Å²) in [5.74, 6) is 1.77. The van der Waals surface area contributed by atoms with E-state index >= 15 is 0 Å².